The van der Waals surface area contributed by atoms with Gasteiger partial charge in [-0.2, -0.15) is 5.26 Å². The second kappa shape index (κ2) is 12.1. The Morgan fingerprint density at radius 2 is 1.97 bits per heavy atom. The number of methoxy groups -OCH3 is 1. The molecule has 1 aromatic heterocycles. The minimum absolute atomic E-state index is 0.0145. The highest BCUT2D eigenvalue weighted by Crippen LogP contribution is 2.20. The Bertz CT molecular complexity index is 1260. The van der Waals surface area contributed by atoms with Gasteiger partial charge in [-0.05, 0) is 30.7 Å². The summed E-state index contributed by atoms with van der Waals surface area (Å²) in [5.41, 5.74) is 4.57. The van der Waals surface area contributed by atoms with Crippen LogP contribution in [0.25, 0.3) is 0 Å². The third kappa shape index (κ3) is 6.31. The van der Waals surface area contributed by atoms with Crippen molar-refractivity contribution >= 4 is 27.4 Å². The number of rotatable bonds is 12. The van der Waals surface area contributed by atoms with Crippen LogP contribution in [0.3, 0.4) is 0 Å². The number of anilines is 2. The lowest BCUT2D eigenvalue weighted by Gasteiger charge is -2.24. The average molecular weight is 493 g/mol. The van der Waals surface area contributed by atoms with Crippen LogP contribution in [-0.2, 0) is 21.3 Å². The number of aromatic amines is 1. The molecule has 1 amide bonds. The average Bonchev–Trinajstić information content (AvgIpc) is 2.80. The Labute approximate surface area is 197 Å². The van der Waals surface area contributed by atoms with Crippen LogP contribution in [0.5, 0.6) is 0 Å². The molecule has 0 bridgehead atoms. The Morgan fingerprint density at radius 1 is 1.29 bits per heavy atom. The molecule has 13 heteroatoms. The number of hydrogen-bond donors (Lipinski definition) is 3. The fourth-order valence-corrected chi connectivity index (χ4v) is 4.16. The number of carbonyl (C=O) groups is 1. The van der Waals surface area contributed by atoms with E-state index in [9.17, 15) is 22.8 Å². The van der Waals surface area contributed by atoms with Crippen LogP contribution in [0.2, 0.25) is 0 Å². The number of aromatic nitrogens is 2. The van der Waals surface area contributed by atoms with Crippen molar-refractivity contribution in [2.75, 3.05) is 37.4 Å². The van der Waals surface area contributed by atoms with E-state index < -0.39 is 27.2 Å². The van der Waals surface area contributed by atoms with Gasteiger partial charge in [0, 0.05) is 38.7 Å². The number of hydrogen-bond acceptors (Lipinski definition) is 8. The molecule has 0 unspecified atom stereocenters. The molecule has 0 spiro atoms. The molecule has 1 heterocycles. The third-order valence-corrected chi connectivity index (χ3v) is 6.40. The molecule has 1 aromatic carbocycles. The smallest absolute Gasteiger partial charge is 0.330 e. The number of amides is 1. The number of nitriles is 1. The largest absolute Gasteiger partial charge is 0.383 e. The molecule has 0 saturated heterocycles. The number of sulfonamides is 1. The number of nitrogens with one attached hydrogen (secondary N) is 2. The summed E-state index contributed by atoms with van der Waals surface area (Å²) >= 11 is 0. The Hall–Kier alpha value is -3.47. The second-order valence-corrected chi connectivity index (χ2v) is 9.05. The van der Waals surface area contributed by atoms with Crippen molar-refractivity contribution < 1.29 is 17.9 Å². The summed E-state index contributed by atoms with van der Waals surface area (Å²) in [7, 11) is -2.43. The van der Waals surface area contributed by atoms with E-state index in [1.807, 2.05) is 13.0 Å². The van der Waals surface area contributed by atoms with Crippen LogP contribution in [-0.4, -0.2) is 50.7 Å². The molecule has 0 fully saturated rings. The summed E-state index contributed by atoms with van der Waals surface area (Å²) in [6.45, 7) is 2.20. The zero-order chi connectivity index (χ0) is 25.3. The number of ether oxygens (including phenoxy) is 1. The molecule has 0 aliphatic rings. The van der Waals surface area contributed by atoms with E-state index >= 15 is 0 Å². The summed E-state index contributed by atoms with van der Waals surface area (Å²) < 4.78 is 33.2. The number of unbranched alkanes of at least 4 members (excludes halogenated alkanes) is 1. The van der Waals surface area contributed by atoms with Gasteiger partial charge in [0.15, 0.2) is 5.69 Å². The van der Waals surface area contributed by atoms with Crippen LogP contribution in [0.4, 0.5) is 11.5 Å². The number of nitrogens with zero attached hydrogens (tertiary/aromatic N) is 3. The van der Waals surface area contributed by atoms with Crippen LogP contribution < -0.4 is 26.6 Å². The van der Waals surface area contributed by atoms with Crippen LogP contribution in [0.1, 0.15) is 36.5 Å². The number of benzene rings is 1. The lowest BCUT2D eigenvalue weighted by Crippen LogP contribution is -2.42. The summed E-state index contributed by atoms with van der Waals surface area (Å²) in [6.07, 6.45) is 1.44. The molecule has 2 aromatic rings. The van der Waals surface area contributed by atoms with Gasteiger partial charge in [0.25, 0.3) is 11.5 Å². The van der Waals surface area contributed by atoms with Gasteiger partial charge in [0.2, 0.25) is 10.0 Å². The van der Waals surface area contributed by atoms with E-state index in [-0.39, 0.29) is 54.6 Å². The Balaban J connectivity index is 2.45. The van der Waals surface area contributed by atoms with Crippen molar-refractivity contribution in [2.24, 2.45) is 0 Å². The number of H-pyrrole nitrogens is 1. The first-order chi connectivity index (χ1) is 16.2. The molecule has 2 rings (SSSR count). The highest BCUT2D eigenvalue weighted by atomic mass is 32.2. The first-order valence-corrected chi connectivity index (χ1v) is 12.1. The highest BCUT2D eigenvalue weighted by molar-refractivity contribution is 7.89. The number of carbonyl (C=O) groups excluding carboxylic acids is 1. The van der Waals surface area contributed by atoms with E-state index in [0.29, 0.717) is 6.42 Å². The maximum atomic E-state index is 13.3. The normalized spacial score (nSPS) is 11.2. The fraction of sp³-hybridized carbons (Fsp3) is 0.429. The predicted molar refractivity (Wildman–Crippen MR) is 126 cm³/mol. The lowest BCUT2D eigenvalue weighted by molar-refractivity contribution is 0.0975. The van der Waals surface area contributed by atoms with Crippen LogP contribution in [0.15, 0.2) is 38.8 Å². The quantitative estimate of drug-likeness (QED) is 0.356. The highest BCUT2D eigenvalue weighted by Gasteiger charge is 2.25. The standard InChI is InChI=1S/C21H28N6O6S/c1-3-4-12-27-18(23)17(19(28)25-21(27)30)26(13-14-33-2)20(29)15-6-8-16(9-7-15)34(31,32)24-11-5-10-22/h6-9,24H,3-5,11-14,23H2,1-2H3,(H,25,28,30). The molecule has 12 nitrogen and oxygen atoms in total. The van der Waals surface area contributed by atoms with E-state index in [4.69, 9.17) is 15.7 Å². The summed E-state index contributed by atoms with van der Waals surface area (Å²) in [4.78, 5) is 41.4. The maximum Gasteiger partial charge on any atom is 0.330 e. The van der Waals surface area contributed by atoms with Gasteiger partial charge < -0.3 is 10.5 Å². The van der Waals surface area contributed by atoms with E-state index in [0.717, 1.165) is 11.3 Å². The zero-order valence-electron chi connectivity index (χ0n) is 19.0. The SMILES string of the molecule is CCCCn1c(N)c(N(CCOC)C(=O)c2ccc(S(=O)(=O)NCCC#N)cc2)c(=O)[nH]c1=O. The molecule has 184 valence electrons. The van der Waals surface area contributed by atoms with Crippen molar-refractivity contribution in [3.05, 3.63) is 50.7 Å². The van der Waals surface area contributed by atoms with Crippen molar-refractivity contribution in [3.8, 4) is 6.07 Å². The van der Waals surface area contributed by atoms with Gasteiger partial charge in [-0.3, -0.25) is 24.0 Å². The summed E-state index contributed by atoms with van der Waals surface area (Å²) in [5.74, 6) is -0.774. The molecule has 34 heavy (non-hydrogen) atoms. The first kappa shape index (κ1) is 26.8. The molecule has 0 radical (unpaired) electrons. The molecule has 0 atom stereocenters. The minimum atomic E-state index is -3.85. The Kier molecular flexibility index (Phi) is 9.55. The van der Waals surface area contributed by atoms with Crippen molar-refractivity contribution in [3.63, 3.8) is 0 Å². The van der Waals surface area contributed by atoms with Gasteiger partial charge in [-0.25, -0.2) is 17.9 Å². The molecule has 0 aliphatic carbocycles. The molecule has 0 aliphatic heterocycles. The monoisotopic (exact) mass is 492 g/mol. The van der Waals surface area contributed by atoms with Crippen molar-refractivity contribution in [2.45, 2.75) is 37.6 Å². The van der Waals surface area contributed by atoms with Gasteiger partial charge >= 0.3 is 5.69 Å². The van der Waals surface area contributed by atoms with Gasteiger partial charge in [0.1, 0.15) is 5.82 Å². The number of nitrogens with two attached hydrogens (primary N) is 1. The molecular weight excluding hydrogens is 464 g/mol. The van der Waals surface area contributed by atoms with Gasteiger partial charge in [-0.15, -0.1) is 0 Å². The number of nitrogen functional groups attached to an aromatic ring is 1. The van der Waals surface area contributed by atoms with E-state index in [1.165, 1.54) is 35.9 Å². The summed E-state index contributed by atoms with van der Waals surface area (Å²) in [6, 6.07) is 6.93. The molecule has 4 N–H and O–H groups in total. The fourth-order valence-electron chi connectivity index (χ4n) is 3.13. The van der Waals surface area contributed by atoms with E-state index in [1.54, 1.807) is 0 Å². The topological polar surface area (TPSA) is 180 Å². The van der Waals surface area contributed by atoms with Gasteiger partial charge in [0.05, 0.1) is 17.6 Å². The zero-order valence-corrected chi connectivity index (χ0v) is 19.9. The van der Waals surface area contributed by atoms with Gasteiger partial charge in [-0.1, -0.05) is 13.3 Å². The first-order valence-electron chi connectivity index (χ1n) is 10.6. The van der Waals surface area contributed by atoms with Crippen molar-refractivity contribution in [1.29, 1.82) is 5.26 Å². The molecule has 0 saturated carbocycles. The maximum absolute atomic E-state index is 13.3. The Morgan fingerprint density at radius 3 is 2.56 bits per heavy atom. The van der Waals surface area contributed by atoms with Crippen molar-refractivity contribution in [1.82, 2.24) is 14.3 Å². The second-order valence-electron chi connectivity index (χ2n) is 7.28. The molecular formula is C21H28N6O6S. The predicted octanol–water partition coefficient (Wildman–Crippen LogP) is 0.404. The minimum Gasteiger partial charge on any atom is -0.383 e. The summed E-state index contributed by atoms with van der Waals surface area (Å²) in [5, 5.41) is 8.56. The third-order valence-electron chi connectivity index (χ3n) is 4.92. The van der Waals surface area contributed by atoms with Crippen LogP contribution in [0, 0.1) is 11.3 Å². The van der Waals surface area contributed by atoms with E-state index in [2.05, 4.69) is 9.71 Å². The lowest BCUT2D eigenvalue weighted by atomic mass is 10.2. The van der Waals surface area contributed by atoms with Crippen LogP contribution >= 0.6 is 0 Å².